The van der Waals surface area contributed by atoms with Gasteiger partial charge in [-0.2, -0.15) is 0 Å². The predicted molar refractivity (Wildman–Crippen MR) is 86.6 cm³/mol. The summed E-state index contributed by atoms with van der Waals surface area (Å²) in [4.78, 5) is 15.2. The highest BCUT2D eigenvalue weighted by atomic mass is 32.1. The molecule has 3 heteroatoms. The molecular formula is C17H19NOS. The van der Waals surface area contributed by atoms with Crippen LogP contribution < -0.4 is 4.90 Å². The van der Waals surface area contributed by atoms with E-state index in [9.17, 15) is 4.79 Å². The van der Waals surface area contributed by atoms with Gasteiger partial charge in [-0.3, -0.25) is 4.79 Å². The van der Waals surface area contributed by atoms with E-state index in [-0.39, 0.29) is 5.91 Å². The largest absolute Gasteiger partial charge is 0.312 e. The standard InChI is InChI=1S/C17H19NOS/c1-3-18(15-6-4-5-13(2)11-15)17(19)12-14-7-9-16(20)10-8-14/h4-11,20H,3,12H2,1-2H3. The van der Waals surface area contributed by atoms with Crippen molar-refractivity contribution in [3.63, 3.8) is 0 Å². The Hall–Kier alpha value is -1.74. The van der Waals surface area contributed by atoms with E-state index >= 15 is 0 Å². The van der Waals surface area contributed by atoms with E-state index in [1.54, 1.807) is 0 Å². The van der Waals surface area contributed by atoms with Crippen molar-refractivity contribution in [1.29, 1.82) is 0 Å². The topological polar surface area (TPSA) is 20.3 Å². The summed E-state index contributed by atoms with van der Waals surface area (Å²) in [7, 11) is 0. The molecule has 0 bridgehead atoms. The van der Waals surface area contributed by atoms with Crippen LogP contribution in [-0.4, -0.2) is 12.5 Å². The highest BCUT2D eigenvalue weighted by Crippen LogP contribution is 2.17. The maximum absolute atomic E-state index is 12.4. The fraction of sp³-hybridized carbons (Fsp3) is 0.235. The minimum Gasteiger partial charge on any atom is -0.312 e. The monoisotopic (exact) mass is 285 g/mol. The molecule has 0 fully saturated rings. The first-order valence-electron chi connectivity index (χ1n) is 6.75. The number of nitrogens with zero attached hydrogens (tertiary/aromatic N) is 1. The number of carbonyl (C=O) groups is 1. The van der Waals surface area contributed by atoms with Crippen LogP contribution in [0.5, 0.6) is 0 Å². The maximum Gasteiger partial charge on any atom is 0.231 e. The summed E-state index contributed by atoms with van der Waals surface area (Å²) in [6.07, 6.45) is 0.413. The van der Waals surface area contributed by atoms with E-state index in [0.29, 0.717) is 13.0 Å². The van der Waals surface area contributed by atoms with E-state index in [2.05, 4.69) is 12.6 Å². The zero-order valence-corrected chi connectivity index (χ0v) is 12.7. The molecule has 0 saturated heterocycles. The van der Waals surface area contributed by atoms with Crippen molar-refractivity contribution in [2.24, 2.45) is 0 Å². The summed E-state index contributed by atoms with van der Waals surface area (Å²) in [5, 5.41) is 0. The Morgan fingerprint density at radius 2 is 1.85 bits per heavy atom. The average Bonchev–Trinajstić information content (AvgIpc) is 2.42. The Morgan fingerprint density at radius 3 is 2.45 bits per heavy atom. The van der Waals surface area contributed by atoms with Crippen molar-refractivity contribution >= 4 is 24.2 Å². The molecule has 0 N–H and O–H groups in total. The number of likely N-dealkylation sites (N-methyl/N-ethyl adjacent to an activating group) is 1. The van der Waals surface area contributed by atoms with Gasteiger partial charge >= 0.3 is 0 Å². The van der Waals surface area contributed by atoms with Gasteiger partial charge in [0.1, 0.15) is 0 Å². The second kappa shape index (κ2) is 6.62. The van der Waals surface area contributed by atoms with Gasteiger partial charge in [-0.15, -0.1) is 12.6 Å². The van der Waals surface area contributed by atoms with Crippen molar-refractivity contribution in [3.8, 4) is 0 Å². The average molecular weight is 285 g/mol. The molecule has 0 aromatic heterocycles. The second-order valence-electron chi connectivity index (χ2n) is 4.82. The van der Waals surface area contributed by atoms with E-state index in [1.165, 1.54) is 0 Å². The van der Waals surface area contributed by atoms with Gasteiger partial charge in [0.25, 0.3) is 0 Å². The summed E-state index contributed by atoms with van der Waals surface area (Å²) < 4.78 is 0. The molecule has 2 aromatic carbocycles. The first-order chi connectivity index (χ1) is 9.60. The summed E-state index contributed by atoms with van der Waals surface area (Å²) in [5.74, 6) is 0.116. The third-order valence-electron chi connectivity index (χ3n) is 3.22. The van der Waals surface area contributed by atoms with Gasteiger partial charge < -0.3 is 4.90 Å². The zero-order chi connectivity index (χ0) is 14.5. The molecule has 1 amide bonds. The summed E-state index contributed by atoms with van der Waals surface area (Å²) in [5.41, 5.74) is 3.13. The third kappa shape index (κ3) is 3.64. The predicted octanol–water partition coefficient (Wildman–Crippen LogP) is 3.88. The Morgan fingerprint density at radius 1 is 1.15 bits per heavy atom. The number of amides is 1. The van der Waals surface area contributed by atoms with Crippen LogP contribution in [0.2, 0.25) is 0 Å². The summed E-state index contributed by atoms with van der Waals surface area (Å²) in [6.45, 7) is 4.71. The molecule has 2 aromatic rings. The van der Waals surface area contributed by atoms with Crippen molar-refractivity contribution in [3.05, 3.63) is 59.7 Å². The van der Waals surface area contributed by atoms with Crippen molar-refractivity contribution in [1.82, 2.24) is 0 Å². The maximum atomic E-state index is 12.4. The minimum atomic E-state index is 0.116. The molecule has 20 heavy (non-hydrogen) atoms. The number of hydrogen-bond donors (Lipinski definition) is 1. The molecule has 0 radical (unpaired) electrons. The Kier molecular flexibility index (Phi) is 4.85. The molecule has 2 nitrogen and oxygen atoms in total. The number of hydrogen-bond acceptors (Lipinski definition) is 2. The number of rotatable bonds is 4. The molecule has 104 valence electrons. The highest BCUT2D eigenvalue weighted by Gasteiger charge is 2.14. The van der Waals surface area contributed by atoms with Gasteiger partial charge in [0.15, 0.2) is 0 Å². The second-order valence-corrected chi connectivity index (χ2v) is 5.34. The summed E-state index contributed by atoms with van der Waals surface area (Å²) >= 11 is 4.25. The minimum absolute atomic E-state index is 0.116. The lowest BCUT2D eigenvalue weighted by molar-refractivity contribution is -0.117. The van der Waals surface area contributed by atoms with Crippen LogP contribution in [0, 0.1) is 6.92 Å². The molecule has 0 saturated carbocycles. The van der Waals surface area contributed by atoms with E-state index in [0.717, 1.165) is 21.7 Å². The zero-order valence-electron chi connectivity index (χ0n) is 11.8. The van der Waals surface area contributed by atoms with Crippen LogP contribution in [0.4, 0.5) is 5.69 Å². The van der Waals surface area contributed by atoms with Gasteiger partial charge in [-0.25, -0.2) is 0 Å². The molecule has 0 aliphatic rings. The van der Waals surface area contributed by atoms with Crippen molar-refractivity contribution < 1.29 is 4.79 Å². The highest BCUT2D eigenvalue weighted by molar-refractivity contribution is 7.80. The van der Waals surface area contributed by atoms with E-state index in [4.69, 9.17) is 0 Å². The lowest BCUT2D eigenvalue weighted by Gasteiger charge is -2.21. The van der Waals surface area contributed by atoms with Crippen molar-refractivity contribution in [2.75, 3.05) is 11.4 Å². The first kappa shape index (κ1) is 14.7. The number of carbonyl (C=O) groups excluding carboxylic acids is 1. The lowest BCUT2D eigenvalue weighted by atomic mass is 10.1. The number of thiol groups is 1. The van der Waals surface area contributed by atoms with Gasteiger partial charge in [-0.05, 0) is 49.2 Å². The molecule has 2 rings (SSSR count). The molecule has 0 spiro atoms. The Balaban J connectivity index is 2.15. The molecular weight excluding hydrogens is 266 g/mol. The van der Waals surface area contributed by atoms with Crippen LogP contribution >= 0.6 is 12.6 Å². The molecule has 0 aliphatic carbocycles. The third-order valence-corrected chi connectivity index (χ3v) is 3.52. The quantitative estimate of drug-likeness (QED) is 0.845. The van der Waals surface area contributed by atoms with Crippen LogP contribution in [0.1, 0.15) is 18.1 Å². The SMILES string of the molecule is CCN(C(=O)Cc1ccc(S)cc1)c1cccc(C)c1. The normalized spacial score (nSPS) is 10.3. The van der Waals surface area contributed by atoms with E-state index < -0.39 is 0 Å². The first-order valence-corrected chi connectivity index (χ1v) is 7.20. The van der Waals surface area contributed by atoms with Crippen molar-refractivity contribution in [2.45, 2.75) is 25.2 Å². The summed E-state index contributed by atoms with van der Waals surface area (Å²) in [6, 6.07) is 15.8. The lowest BCUT2D eigenvalue weighted by Crippen LogP contribution is -2.32. The molecule has 0 aliphatic heterocycles. The fourth-order valence-corrected chi connectivity index (χ4v) is 2.33. The van der Waals surface area contributed by atoms with Gasteiger partial charge in [0.2, 0.25) is 5.91 Å². The Bertz CT molecular complexity index is 592. The van der Waals surface area contributed by atoms with Crippen LogP contribution in [0.15, 0.2) is 53.4 Å². The smallest absolute Gasteiger partial charge is 0.231 e. The van der Waals surface area contributed by atoms with Crippen LogP contribution in [0.3, 0.4) is 0 Å². The Labute approximate surface area is 125 Å². The van der Waals surface area contributed by atoms with Gasteiger partial charge in [0, 0.05) is 17.1 Å². The van der Waals surface area contributed by atoms with Gasteiger partial charge in [-0.1, -0.05) is 24.3 Å². The molecule has 0 heterocycles. The number of aryl methyl sites for hydroxylation is 1. The molecule has 0 unspecified atom stereocenters. The fourth-order valence-electron chi connectivity index (χ4n) is 2.18. The molecule has 0 atom stereocenters. The van der Waals surface area contributed by atoms with Crippen LogP contribution in [0.25, 0.3) is 0 Å². The number of anilines is 1. The number of benzene rings is 2. The van der Waals surface area contributed by atoms with E-state index in [1.807, 2.05) is 67.3 Å². The van der Waals surface area contributed by atoms with Crippen LogP contribution in [-0.2, 0) is 11.2 Å². The van der Waals surface area contributed by atoms with Gasteiger partial charge in [0.05, 0.1) is 6.42 Å².